The molecule has 3 atom stereocenters. The van der Waals surface area contributed by atoms with Crippen molar-refractivity contribution in [3.05, 3.63) is 36.0 Å². The Morgan fingerprint density at radius 1 is 1.26 bits per heavy atom. The minimum absolute atomic E-state index is 0.0288. The molecular formula is C19H26N2O2. The first kappa shape index (κ1) is 15.2. The summed E-state index contributed by atoms with van der Waals surface area (Å²) in [5.41, 5.74) is 2.54. The third-order valence-corrected chi connectivity index (χ3v) is 5.94. The Balaban J connectivity index is 1.56. The summed E-state index contributed by atoms with van der Waals surface area (Å²) in [7, 11) is 3.72. The molecular weight excluding hydrogens is 288 g/mol. The summed E-state index contributed by atoms with van der Waals surface area (Å²) in [5.74, 6) is 0. The van der Waals surface area contributed by atoms with Gasteiger partial charge in [0.25, 0.3) is 0 Å². The fraction of sp³-hybridized carbons (Fsp3) is 0.579. The molecule has 2 aromatic rings. The van der Waals surface area contributed by atoms with Crippen molar-refractivity contribution in [3.63, 3.8) is 0 Å². The van der Waals surface area contributed by atoms with E-state index >= 15 is 0 Å². The van der Waals surface area contributed by atoms with Crippen LogP contribution in [0.25, 0.3) is 10.9 Å². The molecule has 1 aromatic carbocycles. The fourth-order valence-corrected chi connectivity index (χ4v) is 4.60. The number of aromatic amines is 1. The second-order valence-corrected chi connectivity index (χ2v) is 7.02. The summed E-state index contributed by atoms with van der Waals surface area (Å²) in [6.45, 7) is 2.06. The van der Waals surface area contributed by atoms with Gasteiger partial charge < -0.3 is 14.5 Å². The van der Waals surface area contributed by atoms with E-state index in [1.807, 2.05) is 14.2 Å². The molecule has 1 N–H and O–H groups in total. The van der Waals surface area contributed by atoms with Gasteiger partial charge in [0.05, 0.1) is 11.7 Å². The number of methoxy groups -OCH3 is 2. The summed E-state index contributed by atoms with van der Waals surface area (Å²) in [5, 5.41) is 1.29. The predicted octanol–water partition coefficient (Wildman–Crippen LogP) is 3.33. The van der Waals surface area contributed by atoms with Crippen molar-refractivity contribution in [1.29, 1.82) is 0 Å². The third-order valence-electron chi connectivity index (χ3n) is 5.94. The molecule has 4 rings (SSSR count). The zero-order chi connectivity index (χ0) is 15.9. The topological polar surface area (TPSA) is 37.5 Å². The molecule has 4 nitrogen and oxygen atoms in total. The summed E-state index contributed by atoms with van der Waals surface area (Å²) in [6, 6.07) is 11.2. The zero-order valence-electron chi connectivity index (χ0n) is 14.0. The van der Waals surface area contributed by atoms with Crippen LogP contribution in [-0.2, 0) is 16.0 Å². The van der Waals surface area contributed by atoms with E-state index in [1.165, 1.54) is 16.6 Å². The van der Waals surface area contributed by atoms with E-state index in [-0.39, 0.29) is 5.60 Å². The Bertz CT molecular complexity index is 650. The first-order valence-electron chi connectivity index (χ1n) is 8.63. The van der Waals surface area contributed by atoms with Crippen molar-refractivity contribution in [3.8, 4) is 0 Å². The minimum atomic E-state index is 0.0288. The number of benzene rings is 1. The molecule has 4 heteroatoms. The van der Waals surface area contributed by atoms with Crippen LogP contribution in [0.4, 0.5) is 0 Å². The van der Waals surface area contributed by atoms with E-state index < -0.39 is 0 Å². The van der Waals surface area contributed by atoms with E-state index in [1.54, 1.807) is 0 Å². The smallest absolute Gasteiger partial charge is 0.0847 e. The van der Waals surface area contributed by atoms with Gasteiger partial charge in [0.15, 0.2) is 0 Å². The molecule has 23 heavy (non-hydrogen) atoms. The standard InChI is InChI=1S/C19H26N2O2/c1-22-16-7-8-19(23-2)9-10-21(18(19)12-16)13-15-11-14-5-3-4-6-17(14)20-15/h3-6,11,16,18,20H,7-10,12-13H2,1-2H3/t16-,18+,19-/m1/s1. The van der Waals surface area contributed by atoms with Crippen LogP contribution < -0.4 is 0 Å². The Kier molecular flexibility index (Phi) is 3.92. The first-order valence-corrected chi connectivity index (χ1v) is 8.63. The molecule has 0 spiro atoms. The molecule has 0 radical (unpaired) electrons. The minimum Gasteiger partial charge on any atom is -0.381 e. The SMILES string of the molecule is CO[C@@H]1CC[C@@]2(OC)CCN(Cc3cc4ccccc4[nH]3)[C@H]2C1. The number of likely N-dealkylation sites (tertiary alicyclic amines) is 1. The lowest BCUT2D eigenvalue weighted by atomic mass is 9.79. The Hall–Kier alpha value is -1.36. The van der Waals surface area contributed by atoms with Crippen LogP contribution in [0.3, 0.4) is 0 Å². The first-order chi connectivity index (χ1) is 11.2. The van der Waals surface area contributed by atoms with Crippen LogP contribution in [-0.4, -0.2) is 48.4 Å². The Morgan fingerprint density at radius 3 is 2.91 bits per heavy atom. The van der Waals surface area contributed by atoms with Gasteiger partial charge in [-0.15, -0.1) is 0 Å². The number of hydrogen-bond acceptors (Lipinski definition) is 3. The maximum absolute atomic E-state index is 6.01. The maximum atomic E-state index is 6.01. The van der Waals surface area contributed by atoms with E-state index in [9.17, 15) is 0 Å². The molecule has 1 aromatic heterocycles. The van der Waals surface area contributed by atoms with Gasteiger partial charge in [-0.25, -0.2) is 0 Å². The van der Waals surface area contributed by atoms with Gasteiger partial charge in [-0.2, -0.15) is 0 Å². The number of H-pyrrole nitrogens is 1. The molecule has 0 unspecified atom stereocenters. The van der Waals surface area contributed by atoms with Gasteiger partial charge in [0, 0.05) is 44.6 Å². The summed E-state index contributed by atoms with van der Waals surface area (Å²) in [4.78, 5) is 6.14. The van der Waals surface area contributed by atoms with E-state index in [2.05, 4.69) is 40.2 Å². The molecule has 2 heterocycles. The molecule has 0 bridgehead atoms. The number of para-hydroxylation sites is 1. The number of nitrogens with one attached hydrogen (secondary N) is 1. The lowest BCUT2D eigenvalue weighted by molar-refractivity contribution is -0.0948. The van der Waals surface area contributed by atoms with Crippen LogP contribution in [0, 0.1) is 0 Å². The monoisotopic (exact) mass is 314 g/mol. The number of aromatic nitrogens is 1. The highest BCUT2D eigenvalue weighted by atomic mass is 16.5. The van der Waals surface area contributed by atoms with Crippen molar-refractivity contribution < 1.29 is 9.47 Å². The highest BCUT2D eigenvalue weighted by Gasteiger charge is 2.51. The van der Waals surface area contributed by atoms with Gasteiger partial charge in [-0.1, -0.05) is 18.2 Å². The molecule has 0 amide bonds. The average Bonchev–Trinajstić information content (AvgIpc) is 3.16. The molecule has 2 aliphatic rings. The van der Waals surface area contributed by atoms with Crippen LogP contribution in [0.1, 0.15) is 31.4 Å². The van der Waals surface area contributed by atoms with Crippen LogP contribution in [0.2, 0.25) is 0 Å². The largest absolute Gasteiger partial charge is 0.381 e. The normalized spacial score (nSPS) is 31.6. The summed E-state index contributed by atoms with van der Waals surface area (Å²) < 4.78 is 11.7. The third kappa shape index (κ3) is 2.59. The molecule has 124 valence electrons. The highest BCUT2D eigenvalue weighted by molar-refractivity contribution is 5.80. The van der Waals surface area contributed by atoms with Crippen LogP contribution in [0.15, 0.2) is 30.3 Å². The fourth-order valence-electron chi connectivity index (χ4n) is 4.60. The highest BCUT2D eigenvalue weighted by Crippen LogP contribution is 2.43. The Labute approximate surface area is 137 Å². The van der Waals surface area contributed by atoms with Crippen molar-refractivity contribution in [1.82, 2.24) is 9.88 Å². The van der Waals surface area contributed by atoms with Crippen molar-refractivity contribution in [2.24, 2.45) is 0 Å². The lowest BCUT2D eigenvalue weighted by Crippen LogP contribution is -2.51. The summed E-state index contributed by atoms with van der Waals surface area (Å²) in [6.07, 6.45) is 4.79. The average molecular weight is 314 g/mol. The van der Waals surface area contributed by atoms with Gasteiger partial charge in [-0.3, -0.25) is 4.90 Å². The van der Waals surface area contributed by atoms with Crippen LogP contribution >= 0.6 is 0 Å². The lowest BCUT2D eigenvalue weighted by Gasteiger charge is -2.43. The molecule has 1 aliphatic heterocycles. The van der Waals surface area contributed by atoms with Gasteiger partial charge in [0.2, 0.25) is 0 Å². The zero-order valence-corrected chi connectivity index (χ0v) is 14.0. The van der Waals surface area contributed by atoms with E-state index in [0.717, 1.165) is 38.8 Å². The molecule has 2 fully saturated rings. The quantitative estimate of drug-likeness (QED) is 0.940. The van der Waals surface area contributed by atoms with E-state index in [0.29, 0.717) is 12.1 Å². The predicted molar refractivity (Wildman–Crippen MR) is 91.5 cm³/mol. The second kappa shape index (κ2) is 5.93. The second-order valence-electron chi connectivity index (χ2n) is 7.02. The maximum Gasteiger partial charge on any atom is 0.0847 e. The van der Waals surface area contributed by atoms with Crippen LogP contribution in [0.5, 0.6) is 0 Å². The van der Waals surface area contributed by atoms with Crippen molar-refractivity contribution in [2.45, 2.75) is 50.0 Å². The number of ether oxygens (including phenoxy) is 2. The van der Waals surface area contributed by atoms with E-state index in [4.69, 9.17) is 9.47 Å². The number of rotatable bonds is 4. The van der Waals surface area contributed by atoms with Gasteiger partial charge >= 0.3 is 0 Å². The number of hydrogen-bond donors (Lipinski definition) is 1. The van der Waals surface area contributed by atoms with Gasteiger partial charge in [-0.05, 0) is 43.2 Å². The van der Waals surface area contributed by atoms with Crippen molar-refractivity contribution >= 4 is 10.9 Å². The molecule has 1 saturated carbocycles. The molecule has 1 saturated heterocycles. The van der Waals surface area contributed by atoms with Crippen molar-refractivity contribution in [2.75, 3.05) is 20.8 Å². The number of fused-ring (bicyclic) bond motifs is 2. The Morgan fingerprint density at radius 2 is 2.13 bits per heavy atom. The molecule has 1 aliphatic carbocycles. The summed E-state index contributed by atoms with van der Waals surface area (Å²) >= 11 is 0. The van der Waals surface area contributed by atoms with Gasteiger partial charge in [0.1, 0.15) is 0 Å². The number of nitrogens with zero attached hydrogens (tertiary/aromatic N) is 1.